The number of hydrazone groups is 1. The number of ether oxygens (including phenoxy) is 1. The Morgan fingerprint density at radius 3 is 2.12 bits per heavy atom. The molecular formula is C33H30N8O2. The molecule has 1 aliphatic rings. The summed E-state index contributed by atoms with van der Waals surface area (Å²) in [4.78, 5) is 18.1. The molecule has 0 saturated heterocycles. The maximum absolute atomic E-state index is 6.10. The van der Waals surface area contributed by atoms with Crippen LogP contribution in [0.2, 0.25) is 0 Å². The Morgan fingerprint density at radius 1 is 0.791 bits per heavy atom. The summed E-state index contributed by atoms with van der Waals surface area (Å²) in [5, 5.41) is 12.9. The van der Waals surface area contributed by atoms with Crippen LogP contribution in [0, 0.1) is 0 Å². The van der Waals surface area contributed by atoms with Crippen molar-refractivity contribution in [2.24, 2.45) is 5.10 Å². The zero-order valence-electron chi connectivity index (χ0n) is 24.0. The lowest BCUT2D eigenvalue weighted by Gasteiger charge is -2.12. The fraction of sp³-hybridized carbons (Fsp3) is 0.121. The van der Waals surface area contributed by atoms with Crippen molar-refractivity contribution in [1.29, 1.82) is 0 Å². The van der Waals surface area contributed by atoms with Crippen molar-refractivity contribution < 1.29 is 9.15 Å². The lowest BCUT2D eigenvalue weighted by atomic mass is 10.1. The van der Waals surface area contributed by atoms with Gasteiger partial charge >= 0.3 is 0 Å². The quantitative estimate of drug-likeness (QED) is 0.200. The lowest BCUT2D eigenvalue weighted by Crippen LogP contribution is -2.14. The first-order valence-electron chi connectivity index (χ1n) is 13.8. The summed E-state index contributed by atoms with van der Waals surface area (Å²) in [6.45, 7) is 9.71. The van der Waals surface area contributed by atoms with Gasteiger partial charge < -0.3 is 9.15 Å². The highest BCUT2D eigenvalue weighted by molar-refractivity contribution is 5.96. The van der Waals surface area contributed by atoms with Gasteiger partial charge in [-0.1, -0.05) is 56.8 Å². The number of hydrogen-bond acceptors (Lipinski definition) is 10. The third kappa shape index (κ3) is 6.76. The van der Waals surface area contributed by atoms with E-state index in [9.17, 15) is 0 Å². The van der Waals surface area contributed by atoms with E-state index in [1.807, 2.05) is 99.6 Å². The average molecular weight is 571 g/mol. The van der Waals surface area contributed by atoms with Crippen molar-refractivity contribution in [2.45, 2.75) is 27.0 Å². The van der Waals surface area contributed by atoms with Crippen molar-refractivity contribution in [3.8, 4) is 34.4 Å². The second kappa shape index (κ2) is 13.7. The normalized spacial score (nSPS) is 14.6. The lowest BCUT2D eigenvalue weighted by molar-refractivity contribution is 0.186. The summed E-state index contributed by atoms with van der Waals surface area (Å²) in [5.41, 5.74) is 8.60. The number of nitrogens with one attached hydrogen (secondary N) is 1. The monoisotopic (exact) mass is 570 g/mol. The highest BCUT2D eigenvalue weighted by atomic mass is 16.5. The molecule has 0 amide bonds. The Kier molecular flexibility index (Phi) is 9.18. The van der Waals surface area contributed by atoms with Crippen LogP contribution in [0.4, 0.5) is 0 Å². The fourth-order valence-corrected chi connectivity index (χ4v) is 4.10. The molecule has 0 saturated carbocycles. The third-order valence-corrected chi connectivity index (χ3v) is 6.05. The number of rotatable bonds is 8. The molecule has 10 heteroatoms. The van der Waals surface area contributed by atoms with Gasteiger partial charge in [-0.15, -0.1) is 15.3 Å². The number of allylic oxidation sites excluding steroid dienone is 4. The number of aromatic nitrogens is 6. The molecule has 214 valence electrons. The molecule has 0 aromatic carbocycles. The van der Waals surface area contributed by atoms with Crippen LogP contribution >= 0.6 is 0 Å². The predicted molar refractivity (Wildman–Crippen MR) is 166 cm³/mol. The Bertz CT molecular complexity index is 1780. The number of hydrogen-bond donors (Lipinski definition) is 1. The van der Waals surface area contributed by atoms with E-state index >= 15 is 0 Å². The van der Waals surface area contributed by atoms with Crippen LogP contribution in [0.25, 0.3) is 39.9 Å². The van der Waals surface area contributed by atoms with Gasteiger partial charge in [0.1, 0.15) is 11.4 Å². The van der Waals surface area contributed by atoms with E-state index < -0.39 is 6.23 Å². The van der Waals surface area contributed by atoms with E-state index in [4.69, 9.17) is 14.1 Å². The molecule has 1 aliphatic heterocycles. The van der Waals surface area contributed by atoms with Gasteiger partial charge in [-0.25, -0.2) is 9.97 Å². The minimum absolute atomic E-state index is 0.286. The van der Waals surface area contributed by atoms with Gasteiger partial charge in [0.2, 0.25) is 18.0 Å². The van der Waals surface area contributed by atoms with Gasteiger partial charge in [0.15, 0.2) is 0 Å². The van der Waals surface area contributed by atoms with Crippen molar-refractivity contribution >= 4 is 11.5 Å². The predicted octanol–water partition coefficient (Wildman–Crippen LogP) is 6.82. The Morgan fingerprint density at radius 2 is 1.44 bits per heavy atom. The van der Waals surface area contributed by atoms with Gasteiger partial charge in [0, 0.05) is 23.5 Å². The molecule has 6 rings (SSSR count). The van der Waals surface area contributed by atoms with Crippen molar-refractivity contribution in [3.63, 3.8) is 0 Å². The smallest absolute Gasteiger partial charge is 0.266 e. The summed E-state index contributed by atoms with van der Waals surface area (Å²) in [6.07, 6.45) is 8.18. The number of nitrogens with zero attached hydrogens (tertiary/aromatic N) is 7. The van der Waals surface area contributed by atoms with Crippen LogP contribution in [0.3, 0.4) is 0 Å². The van der Waals surface area contributed by atoms with Crippen LogP contribution < -0.4 is 5.43 Å². The second-order valence-corrected chi connectivity index (χ2v) is 8.93. The van der Waals surface area contributed by atoms with E-state index in [2.05, 4.69) is 42.3 Å². The molecule has 6 heterocycles. The maximum Gasteiger partial charge on any atom is 0.266 e. The summed E-state index contributed by atoms with van der Waals surface area (Å²) >= 11 is 0. The number of pyridine rings is 4. The molecule has 0 fully saturated rings. The first-order chi connectivity index (χ1) is 21.2. The maximum atomic E-state index is 6.10. The van der Waals surface area contributed by atoms with E-state index in [0.717, 1.165) is 22.7 Å². The molecule has 1 N–H and O–H groups in total. The van der Waals surface area contributed by atoms with Crippen molar-refractivity contribution in [3.05, 3.63) is 127 Å². The first-order valence-corrected chi connectivity index (χ1v) is 13.8. The highest BCUT2D eigenvalue weighted by Gasteiger charge is 2.24. The Balaban J connectivity index is 0.00000180. The summed E-state index contributed by atoms with van der Waals surface area (Å²) in [5.74, 6) is 1.01. The SMILES string of the molecule is C=C/C=C(\C=C(/C)C1=NNC(c2cccc(-c3ccccn3)n2)O1)c1nnc(-c2cccc(-c3ccccn3)n2)o1.CC. The van der Waals surface area contributed by atoms with E-state index in [-0.39, 0.29) is 5.89 Å². The molecule has 5 aromatic rings. The first kappa shape index (κ1) is 28.7. The largest absolute Gasteiger partial charge is 0.445 e. The molecule has 5 aromatic heterocycles. The van der Waals surface area contributed by atoms with Crippen molar-refractivity contribution in [2.75, 3.05) is 0 Å². The molecule has 1 unspecified atom stereocenters. The molecule has 0 aliphatic carbocycles. The fourth-order valence-electron chi connectivity index (χ4n) is 4.10. The molecule has 0 bridgehead atoms. The molecule has 10 nitrogen and oxygen atoms in total. The van der Waals surface area contributed by atoms with Crippen LogP contribution in [-0.4, -0.2) is 36.0 Å². The summed E-state index contributed by atoms with van der Waals surface area (Å²) in [7, 11) is 0. The average Bonchev–Trinajstić information content (AvgIpc) is 3.78. The van der Waals surface area contributed by atoms with Gasteiger partial charge in [-0.2, -0.15) is 0 Å². The van der Waals surface area contributed by atoms with Gasteiger partial charge in [0.05, 0.1) is 22.8 Å². The molecule has 0 spiro atoms. The second-order valence-electron chi connectivity index (χ2n) is 8.93. The Labute approximate surface area is 249 Å². The standard InChI is InChI=1S/C31H24N8O2.C2H6/c1-3-10-21(29-37-39-31(41-29)27-16-9-14-25(35-27)23-12-5-7-18-33-23)19-20(2)28-36-38-30(40-28)26-15-8-13-24(34-26)22-11-4-6-17-32-22;1-2/h3-19,30,38H,1H2,2H3;1-2H3/b20-19+,21-10+;. The van der Waals surface area contributed by atoms with Gasteiger partial charge in [-0.3, -0.25) is 15.4 Å². The molecular weight excluding hydrogens is 540 g/mol. The topological polar surface area (TPSA) is 124 Å². The van der Waals surface area contributed by atoms with E-state index in [1.165, 1.54) is 0 Å². The Hall–Kier alpha value is -5.77. The zero-order chi connectivity index (χ0) is 30.0. The minimum Gasteiger partial charge on any atom is -0.445 e. The van der Waals surface area contributed by atoms with Crippen LogP contribution in [0.15, 0.2) is 125 Å². The summed E-state index contributed by atoms with van der Waals surface area (Å²) < 4.78 is 12.1. The van der Waals surface area contributed by atoms with Crippen LogP contribution in [0.5, 0.6) is 0 Å². The summed E-state index contributed by atoms with van der Waals surface area (Å²) in [6, 6.07) is 22.6. The minimum atomic E-state index is -0.545. The van der Waals surface area contributed by atoms with E-state index in [0.29, 0.717) is 34.4 Å². The third-order valence-electron chi connectivity index (χ3n) is 6.05. The zero-order valence-corrected chi connectivity index (χ0v) is 24.0. The van der Waals surface area contributed by atoms with Crippen LogP contribution in [0.1, 0.15) is 38.6 Å². The van der Waals surface area contributed by atoms with Gasteiger partial charge in [0.25, 0.3) is 5.89 Å². The molecule has 1 atom stereocenters. The van der Waals surface area contributed by atoms with Gasteiger partial charge in [-0.05, 0) is 61.5 Å². The van der Waals surface area contributed by atoms with Crippen LogP contribution in [-0.2, 0) is 4.74 Å². The molecule has 0 radical (unpaired) electrons. The highest BCUT2D eigenvalue weighted by Crippen LogP contribution is 2.26. The van der Waals surface area contributed by atoms with E-state index in [1.54, 1.807) is 24.5 Å². The van der Waals surface area contributed by atoms with Crippen molar-refractivity contribution in [1.82, 2.24) is 35.6 Å². The molecule has 43 heavy (non-hydrogen) atoms.